The van der Waals surface area contributed by atoms with Gasteiger partial charge in [-0.2, -0.15) is 0 Å². The van der Waals surface area contributed by atoms with E-state index < -0.39 is 0 Å². The lowest BCUT2D eigenvalue weighted by Gasteiger charge is -2.13. The van der Waals surface area contributed by atoms with Gasteiger partial charge in [0.1, 0.15) is 0 Å². The fraction of sp³-hybridized carbons (Fsp3) is 0.636. The summed E-state index contributed by atoms with van der Waals surface area (Å²) < 4.78 is 0. The molecule has 0 saturated heterocycles. The summed E-state index contributed by atoms with van der Waals surface area (Å²) in [5.74, 6) is 0. The highest BCUT2D eigenvalue weighted by atomic mass is 16.3. The Kier molecular flexibility index (Phi) is 6.55. The Hall–Kier alpha value is -0.600. The van der Waals surface area contributed by atoms with Crippen LogP contribution in [0.3, 0.4) is 0 Å². The van der Waals surface area contributed by atoms with E-state index in [9.17, 15) is 5.11 Å². The van der Waals surface area contributed by atoms with Gasteiger partial charge in [-0.05, 0) is 26.0 Å². The van der Waals surface area contributed by atoms with Crippen molar-refractivity contribution in [1.29, 1.82) is 0 Å². The molecule has 0 radical (unpaired) electrons. The van der Waals surface area contributed by atoms with E-state index in [-0.39, 0.29) is 12.1 Å². The molecule has 0 aliphatic rings. The summed E-state index contributed by atoms with van der Waals surface area (Å²) in [7, 11) is 1.88. The van der Waals surface area contributed by atoms with Gasteiger partial charge in [0, 0.05) is 6.04 Å². The van der Waals surface area contributed by atoms with E-state index in [0.29, 0.717) is 0 Å². The molecule has 0 bridgehead atoms. The Morgan fingerprint density at radius 2 is 2.23 bits per heavy atom. The third-order valence-corrected chi connectivity index (χ3v) is 2.12. The smallest absolute Gasteiger partial charge is 0.0748 e. The molecule has 0 aromatic heterocycles. The number of likely N-dealkylation sites (N-methyl/N-ethyl adjacent to an activating group) is 1. The van der Waals surface area contributed by atoms with Crippen LogP contribution < -0.4 is 5.32 Å². The maximum Gasteiger partial charge on any atom is 0.0748 e. The number of aliphatic hydroxyl groups is 1. The standard InChI is InChI=1S/C11H21NO/c1-5-7-11(13)9(3)8-10(6-2)12-4/h6,8,10-13H,2,5,7H2,1,3-4H3/b9-8-. The molecular weight excluding hydrogens is 162 g/mol. The minimum atomic E-state index is -0.305. The van der Waals surface area contributed by atoms with Gasteiger partial charge in [-0.1, -0.05) is 25.5 Å². The molecule has 13 heavy (non-hydrogen) atoms. The van der Waals surface area contributed by atoms with E-state index in [0.717, 1.165) is 18.4 Å². The predicted molar refractivity (Wildman–Crippen MR) is 57.7 cm³/mol. The van der Waals surface area contributed by atoms with Crippen molar-refractivity contribution in [2.75, 3.05) is 7.05 Å². The molecule has 0 fully saturated rings. The molecule has 2 unspecified atom stereocenters. The van der Waals surface area contributed by atoms with Gasteiger partial charge in [-0.25, -0.2) is 0 Å². The molecule has 0 aliphatic heterocycles. The highest BCUT2D eigenvalue weighted by Crippen LogP contribution is 2.08. The van der Waals surface area contributed by atoms with E-state index in [1.807, 2.05) is 26.1 Å². The maximum atomic E-state index is 9.63. The zero-order chi connectivity index (χ0) is 10.3. The topological polar surface area (TPSA) is 32.3 Å². The quantitative estimate of drug-likeness (QED) is 0.616. The van der Waals surface area contributed by atoms with Crippen LogP contribution >= 0.6 is 0 Å². The Morgan fingerprint density at radius 3 is 2.62 bits per heavy atom. The predicted octanol–water partition coefficient (Wildman–Crippen LogP) is 1.87. The lowest BCUT2D eigenvalue weighted by molar-refractivity contribution is 0.198. The zero-order valence-corrected chi connectivity index (χ0v) is 8.88. The third kappa shape index (κ3) is 4.86. The molecule has 0 heterocycles. The van der Waals surface area contributed by atoms with Crippen LogP contribution in [0.2, 0.25) is 0 Å². The Bertz CT molecular complexity index is 175. The van der Waals surface area contributed by atoms with Crippen molar-refractivity contribution in [2.24, 2.45) is 0 Å². The van der Waals surface area contributed by atoms with Crippen LogP contribution in [0.15, 0.2) is 24.3 Å². The molecule has 2 heteroatoms. The van der Waals surface area contributed by atoms with E-state index in [1.165, 1.54) is 0 Å². The first kappa shape index (κ1) is 12.4. The first-order valence-corrected chi connectivity index (χ1v) is 4.81. The molecule has 2 N–H and O–H groups in total. The van der Waals surface area contributed by atoms with Crippen LogP contribution in [0.5, 0.6) is 0 Å². The van der Waals surface area contributed by atoms with Crippen molar-refractivity contribution in [1.82, 2.24) is 5.32 Å². The zero-order valence-electron chi connectivity index (χ0n) is 8.88. The van der Waals surface area contributed by atoms with Gasteiger partial charge in [-0.15, -0.1) is 6.58 Å². The Labute approximate surface area is 81.4 Å². The van der Waals surface area contributed by atoms with Crippen LogP contribution in [0.4, 0.5) is 0 Å². The van der Waals surface area contributed by atoms with Crippen LogP contribution in [0.25, 0.3) is 0 Å². The molecule has 2 atom stereocenters. The summed E-state index contributed by atoms with van der Waals surface area (Å²) in [5, 5.41) is 12.7. The van der Waals surface area contributed by atoms with E-state index in [1.54, 1.807) is 0 Å². The van der Waals surface area contributed by atoms with Crippen molar-refractivity contribution < 1.29 is 5.11 Å². The average Bonchev–Trinajstić information content (AvgIpc) is 2.14. The van der Waals surface area contributed by atoms with Crippen LogP contribution in [0, 0.1) is 0 Å². The second-order valence-corrected chi connectivity index (χ2v) is 3.27. The molecule has 0 rings (SSSR count). The molecule has 76 valence electrons. The van der Waals surface area contributed by atoms with Crippen LogP contribution in [-0.2, 0) is 0 Å². The minimum Gasteiger partial charge on any atom is -0.389 e. The normalized spacial score (nSPS) is 16.8. The molecule has 0 spiro atoms. The summed E-state index contributed by atoms with van der Waals surface area (Å²) >= 11 is 0. The summed E-state index contributed by atoms with van der Waals surface area (Å²) in [5.41, 5.74) is 1.01. The van der Waals surface area contributed by atoms with Crippen molar-refractivity contribution in [3.05, 3.63) is 24.3 Å². The highest BCUT2D eigenvalue weighted by Gasteiger charge is 2.06. The molecule has 0 aromatic rings. The Morgan fingerprint density at radius 1 is 1.62 bits per heavy atom. The SMILES string of the molecule is C=CC(/C=C(/C)C(O)CCC)NC. The summed E-state index contributed by atoms with van der Waals surface area (Å²) in [6.45, 7) is 7.72. The molecule has 0 aliphatic carbocycles. The van der Waals surface area contributed by atoms with Gasteiger partial charge in [0.25, 0.3) is 0 Å². The van der Waals surface area contributed by atoms with Gasteiger partial charge < -0.3 is 10.4 Å². The largest absolute Gasteiger partial charge is 0.389 e. The maximum absolute atomic E-state index is 9.63. The summed E-state index contributed by atoms with van der Waals surface area (Å²) in [6.07, 6.45) is 5.36. The number of rotatable bonds is 6. The van der Waals surface area contributed by atoms with E-state index in [2.05, 4.69) is 18.8 Å². The summed E-state index contributed by atoms with van der Waals surface area (Å²) in [6, 6.07) is 0.159. The van der Waals surface area contributed by atoms with Crippen molar-refractivity contribution in [3.63, 3.8) is 0 Å². The summed E-state index contributed by atoms with van der Waals surface area (Å²) in [4.78, 5) is 0. The first-order chi connectivity index (χ1) is 6.15. The van der Waals surface area contributed by atoms with Crippen molar-refractivity contribution in [3.8, 4) is 0 Å². The Balaban J connectivity index is 4.19. The van der Waals surface area contributed by atoms with Crippen LogP contribution in [0.1, 0.15) is 26.7 Å². The van der Waals surface area contributed by atoms with Gasteiger partial charge in [0.05, 0.1) is 6.10 Å². The van der Waals surface area contributed by atoms with Crippen molar-refractivity contribution >= 4 is 0 Å². The van der Waals surface area contributed by atoms with Crippen molar-refractivity contribution in [2.45, 2.75) is 38.8 Å². The molecule has 0 aromatic carbocycles. The number of hydrogen-bond acceptors (Lipinski definition) is 2. The lowest BCUT2D eigenvalue weighted by atomic mass is 10.0. The van der Waals surface area contributed by atoms with Gasteiger partial charge in [0.2, 0.25) is 0 Å². The fourth-order valence-corrected chi connectivity index (χ4v) is 1.16. The van der Waals surface area contributed by atoms with E-state index in [4.69, 9.17) is 0 Å². The molecule has 0 amide bonds. The second-order valence-electron chi connectivity index (χ2n) is 3.27. The molecular formula is C11H21NO. The van der Waals surface area contributed by atoms with E-state index >= 15 is 0 Å². The number of aliphatic hydroxyl groups excluding tert-OH is 1. The first-order valence-electron chi connectivity index (χ1n) is 4.81. The van der Waals surface area contributed by atoms with Gasteiger partial charge >= 0.3 is 0 Å². The monoisotopic (exact) mass is 183 g/mol. The van der Waals surface area contributed by atoms with Crippen LogP contribution in [-0.4, -0.2) is 24.3 Å². The van der Waals surface area contributed by atoms with Gasteiger partial charge in [0.15, 0.2) is 0 Å². The molecule has 2 nitrogen and oxygen atoms in total. The fourth-order valence-electron chi connectivity index (χ4n) is 1.16. The average molecular weight is 183 g/mol. The third-order valence-electron chi connectivity index (χ3n) is 2.12. The minimum absolute atomic E-state index is 0.159. The number of hydrogen-bond donors (Lipinski definition) is 2. The molecule has 0 saturated carbocycles. The highest BCUT2D eigenvalue weighted by molar-refractivity contribution is 5.13. The number of nitrogens with one attached hydrogen (secondary N) is 1. The van der Waals surface area contributed by atoms with Gasteiger partial charge in [-0.3, -0.25) is 0 Å². The lowest BCUT2D eigenvalue weighted by Crippen LogP contribution is -2.21. The second kappa shape index (κ2) is 6.87.